The van der Waals surface area contributed by atoms with Crippen LogP contribution in [-0.4, -0.2) is 51.0 Å². The summed E-state index contributed by atoms with van der Waals surface area (Å²) in [7, 11) is 1.78. The third-order valence-corrected chi connectivity index (χ3v) is 8.78. The van der Waals surface area contributed by atoms with Gasteiger partial charge in [0.1, 0.15) is 0 Å². The molecule has 7 nitrogen and oxygen atoms in total. The number of aromatic nitrogens is 2. The van der Waals surface area contributed by atoms with E-state index in [1.807, 2.05) is 22.8 Å². The predicted molar refractivity (Wildman–Crippen MR) is 150 cm³/mol. The summed E-state index contributed by atoms with van der Waals surface area (Å²) in [4.78, 5) is 31.0. The fourth-order valence-corrected chi connectivity index (χ4v) is 6.60. The van der Waals surface area contributed by atoms with Crippen molar-refractivity contribution in [2.75, 3.05) is 24.5 Å². The lowest BCUT2D eigenvalue weighted by atomic mass is 9.86. The number of carbonyl (C=O) groups is 2. The highest BCUT2D eigenvalue weighted by molar-refractivity contribution is 5.81. The average molecular weight is 548 g/mol. The van der Waals surface area contributed by atoms with Crippen LogP contribution in [0, 0.1) is 0 Å². The molecule has 2 amide bonds. The number of fused-ring (bicyclic) bond motifs is 2. The molecule has 9 heteroatoms. The van der Waals surface area contributed by atoms with E-state index in [9.17, 15) is 18.4 Å². The van der Waals surface area contributed by atoms with E-state index in [-0.39, 0.29) is 23.3 Å². The van der Waals surface area contributed by atoms with Crippen LogP contribution >= 0.6 is 0 Å². The third-order valence-electron chi connectivity index (χ3n) is 8.78. The molecule has 2 aromatic carbocycles. The summed E-state index contributed by atoms with van der Waals surface area (Å²) in [5, 5.41) is 4.20. The number of piperidine rings is 1. The van der Waals surface area contributed by atoms with E-state index >= 15 is 0 Å². The van der Waals surface area contributed by atoms with Gasteiger partial charge in [-0.25, -0.2) is 8.78 Å². The van der Waals surface area contributed by atoms with Gasteiger partial charge in [0.05, 0.1) is 6.20 Å². The smallest absolute Gasteiger partial charge is 0.264 e. The molecule has 3 aliphatic heterocycles. The van der Waals surface area contributed by atoms with Crippen molar-refractivity contribution in [3.8, 4) is 11.1 Å². The highest BCUT2D eigenvalue weighted by atomic mass is 19.3. The molecule has 0 spiro atoms. The summed E-state index contributed by atoms with van der Waals surface area (Å²) in [5.41, 5.74) is 7.24. The SMILES string of the molecule is CCN1CCC(c2cc3c(c(N4CCCc5cc(-c6cnn(C)c6)c(C(F)F)cc54)c2)CN(C(C)=O)C3)CC1=O. The Balaban J connectivity index is 1.46. The van der Waals surface area contributed by atoms with Gasteiger partial charge in [-0.15, -0.1) is 0 Å². The molecule has 40 heavy (non-hydrogen) atoms. The van der Waals surface area contributed by atoms with Crippen LogP contribution in [0.5, 0.6) is 0 Å². The molecule has 1 saturated heterocycles. The van der Waals surface area contributed by atoms with Crippen LogP contribution in [0.3, 0.4) is 0 Å². The van der Waals surface area contributed by atoms with E-state index in [0.29, 0.717) is 43.7 Å². The number of carbonyl (C=O) groups excluding carboxylic acids is 2. The molecule has 1 atom stereocenters. The van der Waals surface area contributed by atoms with Gasteiger partial charge < -0.3 is 14.7 Å². The van der Waals surface area contributed by atoms with Gasteiger partial charge in [0.15, 0.2) is 0 Å². The van der Waals surface area contributed by atoms with Crippen molar-refractivity contribution in [2.45, 2.75) is 65.0 Å². The molecular formula is C31H35F2N5O2. The highest BCUT2D eigenvalue weighted by Gasteiger charge is 2.33. The quantitative estimate of drug-likeness (QED) is 0.411. The molecule has 4 heterocycles. The molecule has 0 saturated carbocycles. The van der Waals surface area contributed by atoms with Gasteiger partial charge in [-0.2, -0.15) is 5.10 Å². The Morgan fingerprint density at radius 2 is 1.93 bits per heavy atom. The number of benzene rings is 2. The molecule has 6 rings (SSSR count). The monoisotopic (exact) mass is 547 g/mol. The fraction of sp³-hybridized carbons (Fsp3) is 0.452. The van der Waals surface area contributed by atoms with Crippen molar-refractivity contribution in [2.24, 2.45) is 7.05 Å². The first-order valence-corrected chi connectivity index (χ1v) is 14.1. The van der Waals surface area contributed by atoms with Crippen molar-refractivity contribution in [3.05, 3.63) is 64.5 Å². The van der Waals surface area contributed by atoms with Crippen LogP contribution in [0.1, 0.15) is 73.3 Å². The third kappa shape index (κ3) is 4.65. The van der Waals surface area contributed by atoms with Gasteiger partial charge in [-0.1, -0.05) is 6.07 Å². The van der Waals surface area contributed by atoms with Gasteiger partial charge in [0.25, 0.3) is 6.43 Å². The first-order valence-electron chi connectivity index (χ1n) is 14.1. The number of hydrogen-bond acceptors (Lipinski definition) is 4. The van der Waals surface area contributed by atoms with Crippen LogP contribution in [0.25, 0.3) is 11.1 Å². The Morgan fingerprint density at radius 1 is 1.10 bits per heavy atom. The molecule has 1 fully saturated rings. The number of nitrogens with zero attached hydrogens (tertiary/aromatic N) is 5. The molecular weight excluding hydrogens is 512 g/mol. The number of aryl methyl sites for hydroxylation is 2. The molecule has 0 aliphatic carbocycles. The van der Waals surface area contributed by atoms with Crippen molar-refractivity contribution < 1.29 is 18.4 Å². The van der Waals surface area contributed by atoms with Gasteiger partial charge in [0.2, 0.25) is 11.8 Å². The number of rotatable bonds is 5. The van der Waals surface area contributed by atoms with Gasteiger partial charge >= 0.3 is 0 Å². The Labute approximate surface area is 233 Å². The topological polar surface area (TPSA) is 61.7 Å². The summed E-state index contributed by atoms with van der Waals surface area (Å²) in [6.45, 7) is 6.75. The maximum Gasteiger partial charge on any atom is 0.264 e. The summed E-state index contributed by atoms with van der Waals surface area (Å²) in [5.74, 6) is 0.272. The highest BCUT2D eigenvalue weighted by Crippen LogP contribution is 2.45. The number of amides is 2. The minimum Gasteiger partial charge on any atom is -0.343 e. The van der Waals surface area contributed by atoms with Crippen molar-refractivity contribution in [1.29, 1.82) is 0 Å². The van der Waals surface area contributed by atoms with E-state index in [1.54, 1.807) is 37.1 Å². The number of halogens is 2. The second-order valence-electron chi connectivity index (χ2n) is 11.2. The molecule has 0 N–H and O–H groups in total. The summed E-state index contributed by atoms with van der Waals surface area (Å²) in [6.07, 6.45) is 3.80. The Kier molecular flexibility index (Phi) is 6.84. The maximum atomic E-state index is 14.5. The average Bonchev–Trinajstić information content (AvgIpc) is 3.58. The Morgan fingerprint density at radius 3 is 2.60 bits per heavy atom. The van der Waals surface area contributed by atoms with Crippen molar-refractivity contribution >= 4 is 23.2 Å². The zero-order chi connectivity index (χ0) is 28.1. The normalized spacial score (nSPS) is 18.9. The number of alkyl halides is 2. The van der Waals surface area contributed by atoms with E-state index in [1.165, 1.54) is 0 Å². The Hall–Kier alpha value is -3.75. The standard InChI is InChI=1S/C31H35F2N5O2/c1-4-36-9-7-20(13-30(36)40)22-10-23-17-37(19(2)39)18-27(23)29(12-22)38-8-5-6-21-11-25(24-15-34-35(3)16-24)26(31(32)33)14-28(21)38/h10-12,14-16,20,31H,4-9,13,17-18H2,1-3H3. The lowest BCUT2D eigenvalue weighted by Crippen LogP contribution is -2.37. The summed E-state index contributed by atoms with van der Waals surface area (Å²) >= 11 is 0. The lowest BCUT2D eigenvalue weighted by Gasteiger charge is -2.35. The predicted octanol–water partition coefficient (Wildman–Crippen LogP) is 5.70. The van der Waals surface area contributed by atoms with Crippen LogP contribution in [0.4, 0.5) is 20.2 Å². The molecule has 0 radical (unpaired) electrons. The van der Waals surface area contributed by atoms with Crippen LogP contribution in [0.15, 0.2) is 36.7 Å². The minimum absolute atomic E-state index is 0.00523. The Bertz CT molecular complexity index is 1480. The first kappa shape index (κ1) is 26.5. The fourth-order valence-electron chi connectivity index (χ4n) is 6.60. The van der Waals surface area contributed by atoms with Crippen LogP contribution in [0.2, 0.25) is 0 Å². The van der Waals surface area contributed by atoms with Crippen LogP contribution in [-0.2, 0) is 36.1 Å². The molecule has 3 aromatic rings. The number of hydrogen-bond donors (Lipinski definition) is 0. The zero-order valence-corrected chi connectivity index (χ0v) is 23.3. The minimum atomic E-state index is -2.63. The van der Waals surface area contributed by atoms with Gasteiger partial charge in [-0.05, 0) is 72.6 Å². The van der Waals surface area contributed by atoms with Gasteiger partial charge in [-0.3, -0.25) is 14.3 Å². The van der Waals surface area contributed by atoms with Crippen molar-refractivity contribution in [1.82, 2.24) is 19.6 Å². The molecule has 210 valence electrons. The van der Waals surface area contributed by atoms with E-state index in [4.69, 9.17) is 0 Å². The molecule has 1 aromatic heterocycles. The number of likely N-dealkylation sites (tertiary alicyclic amines) is 1. The van der Waals surface area contributed by atoms with Crippen molar-refractivity contribution in [3.63, 3.8) is 0 Å². The van der Waals surface area contributed by atoms with E-state index < -0.39 is 6.43 Å². The summed E-state index contributed by atoms with van der Waals surface area (Å²) < 4.78 is 30.5. The van der Waals surface area contributed by atoms with Gasteiger partial charge in [0, 0.05) is 87.4 Å². The maximum absolute atomic E-state index is 14.5. The molecule has 3 aliphatic rings. The van der Waals surface area contributed by atoms with E-state index in [0.717, 1.165) is 59.4 Å². The first-order chi connectivity index (χ1) is 19.2. The zero-order valence-electron chi connectivity index (χ0n) is 23.3. The second-order valence-corrected chi connectivity index (χ2v) is 11.2. The molecule has 0 bridgehead atoms. The number of anilines is 2. The summed E-state index contributed by atoms with van der Waals surface area (Å²) in [6, 6.07) is 7.89. The lowest BCUT2D eigenvalue weighted by molar-refractivity contribution is -0.133. The molecule has 1 unspecified atom stereocenters. The van der Waals surface area contributed by atoms with Crippen LogP contribution < -0.4 is 4.90 Å². The van der Waals surface area contributed by atoms with E-state index in [2.05, 4.69) is 22.1 Å². The largest absolute Gasteiger partial charge is 0.343 e. The second kappa shape index (κ2) is 10.3.